The number of hydrogen-bond donors (Lipinski definition) is 1. The molecule has 0 fully saturated rings. The fraction of sp³-hybridized carbons (Fsp3) is 0.400. The summed E-state index contributed by atoms with van der Waals surface area (Å²) in [5, 5.41) is 4.61. The summed E-state index contributed by atoms with van der Waals surface area (Å²) in [6, 6.07) is 8.53. The number of nitrogens with two attached hydrogens (primary N) is 1. The molecule has 3 nitrogen and oxygen atoms in total. The van der Waals surface area contributed by atoms with Gasteiger partial charge in [-0.3, -0.25) is 0 Å². The van der Waals surface area contributed by atoms with Crippen LogP contribution in [0.5, 0.6) is 0 Å². The van der Waals surface area contributed by atoms with Crippen LogP contribution in [0.2, 0.25) is 0 Å². The number of hydrogen-bond acceptors (Lipinski definition) is 2. The first-order chi connectivity index (χ1) is 8.61. The highest BCUT2D eigenvalue weighted by Crippen LogP contribution is 2.18. The molecule has 0 bridgehead atoms. The van der Waals surface area contributed by atoms with Gasteiger partial charge < -0.3 is 5.73 Å². The van der Waals surface area contributed by atoms with Gasteiger partial charge in [-0.2, -0.15) is 5.10 Å². The van der Waals surface area contributed by atoms with Gasteiger partial charge in [0.2, 0.25) is 0 Å². The van der Waals surface area contributed by atoms with Crippen LogP contribution < -0.4 is 5.73 Å². The van der Waals surface area contributed by atoms with Crippen molar-refractivity contribution in [1.82, 2.24) is 9.78 Å². The molecule has 2 N–H and O–H groups in total. The van der Waals surface area contributed by atoms with Gasteiger partial charge in [0.25, 0.3) is 0 Å². The summed E-state index contributed by atoms with van der Waals surface area (Å²) in [6.45, 7) is 7.12. The highest BCUT2D eigenvalue weighted by Gasteiger charge is 2.07. The zero-order chi connectivity index (χ0) is 13.1. The summed E-state index contributed by atoms with van der Waals surface area (Å²) >= 11 is 0. The minimum atomic E-state index is 0.461. The molecule has 1 heterocycles. The Morgan fingerprint density at radius 3 is 2.61 bits per heavy atom. The molecule has 0 spiro atoms. The van der Waals surface area contributed by atoms with Crippen LogP contribution >= 0.6 is 0 Å². The van der Waals surface area contributed by atoms with Crippen LogP contribution in [0.4, 0.5) is 0 Å². The largest absolute Gasteiger partial charge is 0.330 e. The Balaban J connectivity index is 2.32. The maximum atomic E-state index is 5.58. The van der Waals surface area contributed by atoms with E-state index in [1.54, 1.807) is 0 Å². The lowest BCUT2D eigenvalue weighted by atomic mass is 10.1. The predicted octanol–water partition coefficient (Wildman–Crippen LogP) is 2.81. The van der Waals surface area contributed by atoms with Crippen LogP contribution in [-0.4, -0.2) is 16.3 Å². The van der Waals surface area contributed by atoms with Crippen LogP contribution in [-0.2, 0) is 6.42 Å². The molecule has 0 aliphatic carbocycles. The van der Waals surface area contributed by atoms with E-state index in [0.29, 0.717) is 12.5 Å². The van der Waals surface area contributed by atoms with Crippen molar-refractivity contribution >= 4 is 0 Å². The maximum Gasteiger partial charge on any atom is 0.0674 e. The molecular weight excluding hydrogens is 222 g/mol. The molecule has 0 saturated heterocycles. The van der Waals surface area contributed by atoms with Gasteiger partial charge in [-0.15, -0.1) is 0 Å². The van der Waals surface area contributed by atoms with E-state index in [0.717, 1.165) is 17.8 Å². The molecule has 1 aromatic heterocycles. The molecule has 1 aromatic carbocycles. The third-order valence-corrected chi connectivity index (χ3v) is 3.14. The smallest absolute Gasteiger partial charge is 0.0674 e. The van der Waals surface area contributed by atoms with Crippen molar-refractivity contribution < 1.29 is 0 Å². The second-order valence-corrected chi connectivity index (χ2v) is 5.00. The predicted molar refractivity (Wildman–Crippen MR) is 75.1 cm³/mol. The average molecular weight is 243 g/mol. The van der Waals surface area contributed by atoms with Crippen molar-refractivity contribution in [3.63, 3.8) is 0 Å². The molecule has 96 valence electrons. The number of aromatic nitrogens is 2. The van der Waals surface area contributed by atoms with Crippen LogP contribution in [0.15, 0.2) is 30.5 Å². The molecule has 0 aliphatic heterocycles. The number of aryl methyl sites for hydroxylation is 1. The first kappa shape index (κ1) is 12.8. The SMILES string of the molecule is Cc1cc(CCN)ccc1-n1ccc(C(C)C)n1. The first-order valence-electron chi connectivity index (χ1n) is 6.47. The van der Waals surface area contributed by atoms with Gasteiger partial charge in [-0.05, 0) is 49.1 Å². The van der Waals surface area contributed by atoms with Gasteiger partial charge in [-0.25, -0.2) is 4.68 Å². The third-order valence-electron chi connectivity index (χ3n) is 3.14. The normalized spacial score (nSPS) is 11.2. The van der Waals surface area contributed by atoms with E-state index < -0.39 is 0 Å². The summed E-state index contributed by atoms with van der Waals surface area (Å²) in [6.07, 6.45) is 2.96. The summed E-state index contributed by atoms with van der Waals surface area (Å²) in [5.74, 6) is 0.461. The van der Waals surface area contributed by atoms with E-state index in [-0.39, 0.29) is 0 Å². The van der Waals surface area contributed by atoms with E-state index in [1.807, 2.05) is 10.9 Å². The standard InChI is InChI=1S/C15H21N3/c1-11(2)14-7-9-18(17-14)15-5-4-13(6-8-16)10-12(15)3/h4-5,7,9-11H,6,8,16H2,1-3H3. The van der Waals surface area contributed by atoms with Crippen LogP contribution in [0, 0.1) is 6.92 Å². The molecule has 18 heavy (non-hydrogen) atoms. The van der Waals surface area contributed by atoms with Gasteiger partial charge in [-0.1, -0.05) is 26.0 Å². The molecule has 0 unspecified atom stereocenters. The van der Waals surface area contributed by atoms with E-state index in [1.165, 1.54) is 11.1 Å². The monoisotopic (exact) mass is 243 g/mol. The Labute approximate surface area is 109 Å². The minimum Gasteiger partial charge on any atom is -0.330 e. The van der Waals surface area contributed by atoms with Crippen molar-refractivity contribution in [3.8, 4) is 5.69 Å². The fourth-order valence-corrected chi connectivity index (χ4v) is 2.08. The molecule has 3 heteroatoms. The lowest BCUT2D eigenvalue weighted by Crippen LogP contribution is -2.04. The molecule has 0 saturated carbocycles. The van der Waals surface area contributed by atoms with Gasteiger partial charge in [0.15, 0.2) is 0 Å². The Kier molecular flexibility index (Phi) is 3.82. The van der Waals surface area contributed by atoms with Crippen LogP contribution in [0.3, 0.4) is 0 Å². The summed E-state index contributed by atoms with van der Waals surface area (Å²) in [4.78, 5) is 0. The highest BCUT2D eigenvalue weighted by atomic mass is 15.3. The van der Waals surface area contributed by atoms with E-state index >= 15 is 0 Å². The van der Waals surface area contributed by atoms with E-state index in [2.05, 4.69) is 50.1 Å². The molecule has 2 aromatic rings. The maximum absolute atomic E-state index is 5.58. The van der Waals surface area contributed by atoms with Gasteiger partial charge >= 0.3 is 0 Å². The zero-order valence-corrected chi connectivity index (χ0v) is 11.4. The van der Waals surface area contributed by atoms with Crippen LogP contribution in [0.25, 0.3) is 5.69 Å². The second kappa shape index (κ2) is 5.36. The fourth-order valence-electron chi connectivity index (χ4n) is 2.08. The van der Waals surface area contributed by atoms with Gasteiger partial charge in [0.1, 0.15) is 0 Å². The number of benzene rings is 1. The molecule has 0 atom stereocenters. The lowest BCUT2D eigenvalue weighted by molar-refractivity contribution is 0.766. The van der Waals surface area contributed by atoms with Crippen LogP contribution in [0.1, 0.15) is 36.6 Å². The Morgan fingerprint density at radius 1 is 1.28 bits per heavy atom. The first-order valence-corrected chi connectivity index (χ1v) is 6.47. The topological polar surface area (TPSA) is 43.8 Å². The minimum absolute atomic E-state index is 0.461. The van der Waals surface area contributed by atoms with Crippen molar-refractivity contribution in [2.45, 2.75) is 33.1 Å². The Hall–Kier alpha value is -1.61. The summed E-state index contributed by atoms with van der Waals surface area (Å²) in [7, 11) is 0. The summed E-state index contributed by atoms with van der Waals surface area (Å²) in [5.41, 5.74) is 10.4. The van der Waals surface area contributed by atoms with Gasteiger partial charge in [0, 0.05) is 6.20 Å². The quantitative estimate of drug-likeness (QED) is 0.897. The van der Waals surface area contributed by atoms with E-state index in [9.17, 15) is 0 Å². The molecule has 0 aliphatic rings. The third kappa shape index (κ3) is 2.62. The second-order valence-electron chi connectivity index (χ2n) is 5.00. The highest BCUT2D eigenvalue weighted by molar-refractivity contribution is 5.42. The van der Waals surface area contributed by atoms with Crippen molar-refractivity contribution in [3.05, 3.63) is 47.3 Å². The number of rotatable bonds is 4. The zero-order valence-electron chi connectivity index (χ0n) is 11.4. The Morgan fingerprint density at radius 2 is 2.06 bits per heavy atom. The molecule has 0 amide bonds. The van der Waals surface area contributed by atoms with Crippen molar-refractivity contribution in [2.75, 3.05) is 6.54 Å². The van der Waals surface area contributed by atoms with E-state index in [4.69, 9.17) is 5.73 Å². The number of nitrogens with zero attached hydrogens (tertiary/aromatic N) is 2. The molecular formula is C15H21N3. The molecule has 0 radical (unpaired) electrons. The van der Waals surface area contributed by atoms with Crippen molar-refractivity contribution in [1.29, 1.82) is 0 Å². The Bertz CT molecular complexity index is 526. The lowest BCUT2D eigenvalue weighted by Gasteiger charge is -2.08. The van der Waals surface area contributed by atoms with Crippen molar-refractivity contribution in [2.24, 2.45) is 5.73 Å². The average Bonchev–Trinajstić information content (AvgIpc) is 2.79. The summed E-state index contributed by atoms with van der Waals surface area (Å²) < 4.78 is 1.96. The molecule has 2 rings (SSSR count). The van der Waals surface area contributed by atoms with Gasteiger partial charge in [0.05, 0.1) is 11.4 Å².